The maximum Gasteiger partial charge on any atom is 0.266 e. The van der Waals surface area contributed by atoms with Crippen molar-refractivity contribution < 1.29 is 22.7 Å². The van der Waals surface area contributed by atoms with Crippen LogP contribution in [0.4, 0.5) is 19.0 Å². The number of anilines is 1. The maximum absolute atomic E-state index is 14.8. The fourth-order valence-corrected chi connectivity index (χ4v) is 5.06. The molecule has 1 aromatic carbocycles. The van der Waals surface area contributed by atoms with Crippen molar-refractivity contribution in [3.63, 3.8) is 0 Å². The molecule has 1 fully saturated rings. The second-order valence-corrected chi connectivity index (χ2v) is 10.7. The predicted molar refractivity (Wildman–Crippen MR) is 146 cm³/mol. The Labute approximate surface area is 221 Å². The normalized spacial score (nSPS) is 18.8. The SMILES string of the molecule is BC(B)(B)O[C@]1(c2cc3c(N[C@H](C)c4cccc(C(F)F)c4F)ncnc3n(C)c2=O)CCN(C(C)=O)C1. The summed E-state index contributed by atoms with van der Waals surface area (Å²) in [5, 5.41) is 2.95. The molecule has 2 atom stereocenters. The number of rotatable bonds is 7. The zero-order chi connectivity index (χ0) is 28.0. The summed E-state index contributed by atoms with van der Waals surface area (Å²) in [6.07, 6.45) is -1.25. The van der Waals surface area contributed by atoms with Gasteiger partial charge in [-0.15, -0.1) is 0 Å². The van der Waals surface area contributed by atoms with Crippen LogP contribution in [-0.4, -0.2) is 67.3 Å². The van der Waals surface area contributed by atoms with Crippen molar-refractivity contribution in [2.45, 2.75) is 43.6 Å². The van der Waals surface area contributed by atoms with Crippen molar-refractivity contribution in [1.82, 2.24) is 19.4 Å². The van der Waals surface area contributed by atoms with Gasteiger partial charge in [0.2, 0.25) is 5.91 Å². The number of nitrogens with one attached hydrogen (secondary N) is 1. The molecule has 1 N–H and O–H groups in total. The van der Waals surface area contributed by atoms with Gasteiger partial charge in [0.15, 0.2) is 0 Å². The van der Waals surface area contributed by atoms with Gasteiger partial charge in [-0.3, -0.25) is 14.2 Å². The van der Waals surface area contributed by atoms with E-state index in [9.17, 15) is 22.8 Å². The third kappa shape index (κ3) is 5.18. The third-order valence-electron chi connectivity index (χ3n) is 6.79. The number of ether oxygens (including phenoxy) is 1. The van der Waals surface area contributed by atoms with E-state index in [0.29, 0.717) is 35.4 Å². The average molecular weight is 525 g/mol. The van der Waals surface area contributed by atoms with E-state index in [-0.39, 0.29) is 23.6 Å². The molecule has 198 valence electrons. The minimum Gasteiger partial charge on any atom is -0.387 e. The van der Waals surface area contributed by atoms with Crippen molar-refractivity contribution in [2.24, 2.45) is 7.05 Å². The molecule has 0 aliphatic carbocycles. The molecule has 1 amide bonds. The van der Waals surface area contributed by atoms with Crippen LogP contribution in [0.15, 0.2) is 35.4 Å². The second kappa shape index (κ2) is 10.1. The lowest BCUT2D eigenvalue weighted by atomic mass is 9.52. The van der Waals surface area contributed by atoms with Gasteiger partial charge in [-0.2, -0.15) is 0 Å². The lowest BCUT2D eigenvalue weighted by Crippen LogP contribution is -2.49. The van der Waals surface area contributed by atoms with Crippen molar-refractivity contribution >= 4 is 46.3 Å². The van der Waals surface area contributed by atoms with E-state index in [1.165, 1.54) is 30.0 Å². The fourth-order valence-electron chi connectivity index (χ4n) is 5.06. The molecule has 14 heteroatoms. The quantitative estimate of drug-likeness (QED) is 0.454. The largest absolute Gasteiger partial charge is 0.387 e. The molecule has 2 aromatic heterocycles. The Hall–Kier alpha value is -3.28. The van der Waals surface area contributed by atoms with Gasteiger partial charge in [-0.1, -0.05) is 18.2 Å². The molecule has 4 rings (SSSR count). The average Bonchev–Trinajstić information content (AvgIpc) is 3.25. The van der Waals surface area contributed by atoms with Crippen molar-refractivity contribution in [2.75, 3.05) is 18.4 Å². The molecule has 3 aromatic rings. The molecule has 0 unspecified atom stereocenters. The molecule has 1 aliphatic heterocycles. The number of aromatic nitrogens is 3. The summed E-state index contributed by atoms with van der Waals surface area (Å²) in [5.74, 6) is -0.801. The van der Waals surface area contributed by atoms with Crippen LogP contribution < -0.4 is 10.9 Å². The van der Waals surface area contributed by atoms with E-state index in [1.54, 1.807) is 24.9 Å². The minimum absolute atomic E-state index is 0.0556. The van der Waals surface area contributed by atoms with Gasteiger partial charge < -0.3 is 15.0 Å². The van der Waals surface area contributed by atoms with Crippen LogP contribution in [0.25, 0.3) is 11.0 Å². The summed E-state index contributed by atoms with van der Waals surface area (Å²) in [6.45, 7) is 3.75. The number of likely N-dealkylation sites (tertiary alicyclic amines) is 1. The Morgan fingerprint density at radius 1 is 1.24 bits per heavy atom. The third-order valence-corrected chi connectivity index (χ3v) is 6.79. The Kier molecular flexibility index (Phi) is 7.39. The van der Waals surface area contributed by atoms with Crippen LogP contribution in [0, 0.1) is 5.82 Å². The van der Waals surface area contributed by atoms with Crippen LogP contribution in [-0.2, 0) is 22.2 Å². The number of hydrogen-bond acceptors (Lipinski definition) is 6. The highest BCUT2D eigenvalue weighted by atomic mass is 19.3. The Morgan fingerprint density at radius 2 is 1.92 bits per heavy atom. The zero-order valence-electron chi connectivity index (χ0n) is 22.3. The highest BCUT2D eigenvalue weighted by Crippen LogP contribution is 2.38. The van der Waals surface area contributed by atoms with Crippen molar-refractivity contribution in [3.8, 4) is 0 Å². The van der Waals surface area contributed by atoms with Gasteiger partial charge in [0.05, 0.1) is 29.1 Å². The summed E-state index contributed by atoms with van der Waals surface area (Å²) in [4.78, 5) is 36.0. The highest BCUT2D eigenvalue weighted by molar-refractivity contribution is 6.58. The van der Waals surface area contributed by atoms with Crippen LogP contribution in [0.1, 0.15) is 49.4 Å². The monoisotopic (exact) mass is 525 g/mol. The van der Waals surface area contributed by atoms with Gasteiger partial charge in [-0.25, -0.2) is 23.1 Å². The maximum atomic E-state index is 14.8. The summed E-state index contributed by atoms with van der Waals surface area (Å²) in [7, 11) is 7.24. The summed E-state index contributed by atoms with van der Waals surface area (Å²) < 4.78 is 49.2. The van der Waals surface area contributed by atoms with Gasteiger partial charge in [0, 0.05) is 32.5 Å². The van der Waals surface area contributed by atoms with E-state index in [1.807, 2.05) is 23.5 Å². The Bertz CT molecular complexity index is 1450. The lowest BCUT2D eigenvalue weighted by molar-refractivity contribution is -0.129. The molecule has 38 heavy (non-hydrogen) atoms. The number of hydrogen-bond donors (Lipinski definition) is 1. The highest BCUT2D eigenvalue weighted by Gasteiger charge is 2.46. The standard InChI is InChI=1S/C24H29B3F3N5O3/c1-12(14-5-4-6-15(18(14)28)19(29)30)33-20-16-9-17(22(37)34(3)21(16)32-11-31-20)23(38-24(25,26)27)7-8-35(10-23)13(2)36/h4-6,9,11-12,19H,7-8,10,25-27H2,1-3H3,(H,31,32,33)/t12-,23-/m1/s1. The number of alkyl halides is 2. The van der Waals surface area contributed by atoms with E-state index in [2.05, 4.69) is 15.3 Å². The molecule has 0 bridgehead atoms. The first-order chi connectivity index (χ1) is 17.7. The molecular weight excluding hydrogens is 496 g/mol. The number of carbonyl (C=O) groups is 1. The van der Waals surface area contributed by atoms with Crippen molar-refractivity contribution in [3.05, 3.63) is 63.5 Å². The first kappa shape index (κ1) is 27.8. The van der Waals surface area contributed by atoms with E-state index >= 15 is 0 Å². The predicted octanol–water partition coefficient (Wildman–Crippen LogP) is 0.553. The molecule has 0 spiro atoms. The van der Waals surface area contributed by atoms with Crippen LogP contribution in [0.3, 0.4) is 0 Å². The topological polar surface area (TPSA) is 89.3 Å². The molecule has 0 radical (unpaired) electrons. The zero-order valence-corrected chi connectivity index (χ0v) is 22.3. The lowest BCUT2D eigenvalue weighted by Gasteiger charge is -2.37. The molecule has 3 heterocycles. The first-order valence-corrected chi connectivity index (χ1v) is 12.4. The molecule has 1 aliphatic rings. The van der Waals surface area contributed by atoms with Crippen LogP contribution in [0.2, 0.25) is 0 Å². The number of pyridine rings is 1. The van der Waals surface area contributed by atoms with Gasteiger partial charge >= 0.3 is 0 Å². The molecule has 0 saturated carbocycles. The van der Waals surface area contributed by atoms with E-state index in [4.69, 9.17) is 4.74 Å². The van der Waals surface area contributed by atoms with Crippen LogP contribution in [0.5, 0.6) is 0 Å². The summed E-state index contributed by atoms with van der Waals surface area (Å²) in [5.41, 5.74) is -1.32. The fraction of sp³-hybridized carbons (Fsp3) is 0.417. The van der Waals surface area contributed by atoms with Gasteiger partial charge in [-0.05, 0) is 18.3 Å². The van der Waals surface area contributed by atoms with Gasteiger partial charge in [0.1, 0.15) is 52.7 Å². The number of aryl methyl sites for hydroxylation is 1. The van der Waals surface area contributed by atoms with Crippen molar-refractivity contribution in [1.29, 1.82) is 0 Å². The molecular formula is C24H29B3F3N5O3. The Morgan fingerprint density at radius 3 is 2.53 bits per heavy atom. The number of halogens is 3. The number of nitrogens with zero attached hydrogens (tertiary/aromatic N) is 4. The number of fused-ring (bicyclic) bond motifs is 1. The summed E-state index contributed by atoms with van der Waals surface area (Å²) >= 11 is 0. The molecule has 8 nitrogen and oxygen atoms in total. The first-order valence-electron chi connectivity index (χ1n) is 12.4. The smallest absolute Gasteiger partial charge is 0.266 e. The van der Waals surface area contributed by atoms with E-state index in [0.717, 1.165) is 6.07 Å². The van der Waals surface area contributed by atoms with Gasteiger partial charge in [0.25, 0.3) is 12.0 Å². The minimum atomic E-state index is -2.95. The molecule has 1 saturated heterocycles. The van der Waals surface area contributed by atoms with Crippen LogP contribution >= 0.6 is 0 Å². The number of amides is 1. The second-order valence-electron chi connectivity index (χ2n) is 10.7. The Balaban J connectivity index is 1.84. The summed E-state index contributed by atoms with van der Waals surface area (Å²) in [6, 6.07) is 4.80. The number of carbonyl (C=O) groups excluding carboxylic acids is 1. The van der Waals surface area contributed by atoms with E-state index < -0.39 is 34.7 Å². The number of benzene rings is 1.